The van der Waals surface area contributed by atoms with E-state index in [4.69, 9.17) is 4.98 Å². The highest BCUT2D eigenvalue weighted by Gasteiger charge is 2.23. The van der Waals surface area contributed by atoms with Crippen LogP contribution in [-0.2, 0) is 12.8 Å². The second-order valence-electron chi connectivity index (χ2n) is 4.68. The summed E-state index contributed by atoms with van der Waals surface area (Å²) in [6.45, 7) is 5.23. The van der Waals surface area contributed by atoms with Crippen LogP contribution in [0.15, 0.2) is 0 Å². The van der Waals surface area contributed by atoms with Crippen molar-refractivity contribution in [2.45, 2.75) is 46.0 Å². The molecule has 0 unspecified atom stereocenters. The average molecular weight is 345 g/mol. The van der Waals surface area contributed by atoms with Crippen molar-refractivity contribution in [3.8, 4) is 0 Å². The first-order valence-corrected chi connectivity index (χ1v) is 7.61. The summed E-state index contributed by atoms with van der Waals surface area (Å²) in [5.74, 6) is 2.91. The molecular formula is C13H20IN3. The van der Waals surface area contributed by atoms with E-state index in [1.165, 1.54) is 22.1 Å². The number of aromatic nitrogens is 2. The van der Waals surface area contributed by atoms with Gasteiger partial charge in [-0.15, -0.1) is 0 Å². The standard InChI is InChI=1S/C13H20IN3/c1-3-5-10-12(14)13(15-4-2)17-11(16-10)8-9-6-7-9/h9H,3-8H2,1-2H3,(H,15,16,17). The zero-order valence-corrected chi connectivity index (χ0v) is 12.7. The van der Waals surface area contributed by atoms with Crippen LogP contribution in [0.4, 0.5) is 5.82 Å². The normalized spacial score (nSPS) is 15.0. The highest BCUT2D eigenvalue weighted by molar-refractivity contribution is 14.1. The molecule has 1 aliphatic rings. The third kappa shape index (κ3) is 3.53. The van der Waals surface area contributed by atoms with Crippen molar-refractivity contribution in [2.24, 2.45) is 5.92 Å². The van der Waals surface area contributed by atoms with Gasteiger partial charge in [-0.3, -0.25) is 0 Å². The maximum absolute atomic E-state index is 4.73. The molecule has 94 valence electrons. The molecule has 0 bridgehead atoms. The van der Waals surface area contributed by atoms with Gasteiger partial charge in [-0.05, 0) is 54.7 Å². The molecule has 0 aromatic carbocycles. The maximum Gasteiger partial charge on any atom is 0.143 e. The second kappa shape index (κ2) is 5.98. The van der Waals surface area contributed by atoms with Gasteiger partial charge in [0, 0.05) is 13.0 Å². The topological polar surface area (TPSA) is 37.8 Å². The molecule has 0 saturated heterocycles. The van der Waals surface area contributed by atoms with Crippen LogP contribution in [0.2, 0.25) is 0 Å². The van der Waals surface area contributed by atoms with Crippen LogP contribution in [0.3, 0.4) is 0 Å². The average Bonchev–Trinajstić information content (AvgIpc) is 3.09. The predicted octanol–water partition coefficient (Wildman–Crippen LogP) is 3.42. The molecule has 1 saturated carbocycles. The van der Waals surface area contributed by atoms with Crippen LogP contribution < -0.4 is 5.32 Å². The zero-order valence-electron chi connectivity index (χ0n) is 10.6. The lowest BCUT2D eigenvalue weighted by Gasteiger charge is -2.11. The SMILES string of the molecule is CCCc1nc(CC2CC2)nc(NCC)c1I. The minimum Gasteiger partial charge on any atom is -0.369 e. The molecule has 3 nitrogen and oxygen atoms in total. The molecule has 1 aliphatic carbocycles. The van der Waals surface area contributed by atoms with E-state index in [9.17, 15) is 0 Å². The van der Waals surface area contributed by atoms with Crippen LogP contribution in [0, 0.1) is 9.49 Å². The Kier molecular flexibility index (Phi) is 4.59. The molecule has 1 aromatic heterocycles. The predicted molar refractivity (Wildman–Crippen MR) is 79.3 cm³/mol. The largest absolute Gasteiger partial charge is 0.369 e. The molecule has 0 amide bonds. The van der Waals surface area contributed by atoms with Gasteiger partial charge in [-0.1, -0.05) is 13.3 Å². The molecule has 17 heavy (non-hydrogen) atoms. The highest BCUT2D eigenvalue weighted by atomic mass is 127. The first kappa shape index (κ1) is 13.1. The third-order valence-electron chi connectivity index (χ3n) is 2.97. The lowest BCUT2D eigenvalue weighted by atomic mass is 10.2. The van der Waals surface area contributed by atoms with Crippen LogP contribution in [0.5, 0.6) is 0 Å². The Bertz CT molecular complexity index is 361. The third-order valence-corrected chi connectivity index (χ3v) is 4.10. The van der Waals surface area contributed by atoms with Crippen molar-refractivity contribution in [2.75, 3.05) is 11.9 Å². The van der Waals surface area contributed by atoms with Gasteiger partial charge in [0.15, 0.2) is 0 Å². The molecule has 1 fully saturated rings. The van der Waals surface area contributed by atoms with Gasteiger partial charge in [0.2, 0.25) is 0 Å². The Hall–Kier alpha value is -0.390. The van der Waals surface area contributed by atoms with E-state index in [1.54, 1.807) is 0 Å². The summed E-state index contributed by atoms with van der Waals surface area (Å²) in [6.07, 6.45) is 5.97. The van der Waals surface area contributed by atoms with Crippen LogP contribution in [-0.4, -0.2) is 16.5 Å². The minimum atomic E-state index is 0.846. The molecule has 0 atom stereocenters. The summed E-state index contributed by atoms with van der Waals surface area (Å²) in [5, 5.41) is 3.35. The van der Waals surface area contributed by atoms with Crippen LogP contribution in [0.25, 0.3) is 0 Å². The number of nitrogens with one attached hydrogen (secondary N) is 1. The first-order chi connectivity index (χ1) is 8.24. The number of hydrogen-bond acceptors (Lipinski definition) is 3. The Balaban J connectivity index is 2.25. The molecule has 1 aromatic rings. The van der Waals surface area contributed by atoms with Gasteiger partial charge in [0.25, 0.3) is 0 Å². The van der Waals surface area contributed by atoms with E-state index in [-0.39, 0.29) is 0 Å². The second-order valence-corrected chi connectivity index (χ2v) is 5.76. The quantitative estimate of drug-likeness (QED) is 0.803. The fourth-order valence-corrected chi connectivity index (χ4v) is 2.60. The summed E-state index contributed by atoms with van der Waals surface area (Å²) in [6, 6.07) is 0. The van der Waals surface area contributed by atoms with E-state index in [0.717, 1.165) is 43.4 Å². The molecule has 0 aliphatic heterocycles. The highest BCUT2D eigenvalue weighted by Crippen LogP contribution is 2.32. The summed E-state index contributed by atoms with van der Waals surface area (Å²) in [7, 11) is 0. The van der Waals surface area contributed by atoms with E-state index in [0.29, 0.717) is 0 Å². The van der Waals surface area contributed by atoms with Crippen LogP contribution >= 0.6 is 22.6 Å². The van der Waals surface area contributed by atoms with Gasteiger partial charge in [-0.25, -0.2) is 9.97 Å². The lowest BCUT2D eigenvalue weighted by Crippen LogP contribution is -2.10. The number of aryl methyl sites for hydroxylation is 1. The van der Waals surface area contributed by atoms with E-state index in [1.807, 2.05) is 0 Å². The smallest absolute Gasteiger partial charge is 0.143 e. The van der Waals surface area contributed by atoms with Crippen molar-refractivity contribution < 1.29 is 0 Å². The Morgan fingerprint density at radius 3 is 2.65 bits per heavy atom. The van der Waals surface area contributed by atoms with Crippen molar-refractivity contribution >= 4 is 28.4 Å². The molecule has 0 radical (unpaired) electrons. The van der Waals surface area contributed by atoms with Gasteiger partial charge < -0.3 is 5.32 Å². The van der Waals surface area contributed by atoms with Crippen molar-refractivity contribution in [1.82, 2.24) is 9.97 Å². The number of rotatable bonds is 6. The van der Waals surface area contributed by atoms with Crippen molar-refractivity contribution in [3.05, 3.63) is 15.1 Å². The van der Waals surface area contributed by atoms with Gasteiger partial charge in [0.05, 0.1) is 9.26 Å². The fraction of sp³-hybridized carbons (Fsp3) is 0.692. The summed E-state index contributed by atoms with van der Waals surface area (Å²) in [5.41, 5.74) is 1.22. The van der Waals surface area contributed by atoms with E-state index < -0.39 is 0 Å². The number of nitrogens with zero attached hydrogens (tertiary/aromatic N) is 2. The summed E-state index contributed by atoms with van der Waals surface area (Å²) >= 11 is 2.37. The monoisotopic (exact) mass is 345 g/mol. The fourth-order valence-electron chi connectivity index (χ4n) is 1.90. The lowest BCUT2D eigenvalue weighted by molar-refractivity contribution is 0.746. The summed E-state index contributed by atoms with van der Waals surface area (Å²) < 4.78 is 1.20. The van der Waals surface area contributed by atoms with Gasteiger partial charge >= 0.3 is 0 Å². The Labute approximate surface area is 117 Å². The van der Waals surface area contributed by atoms with Gasteiger partial charge in [-0.2, -0.15) is 0 Å². The molecule has 4 heteroatoms. The number of anilines is 1. The molecule has 0 spiro atoms. The van der Waals surface area contributed by atoms with Crippen molar-refractivity contribution in [1.29, 1.82) is 0 Å². The van der Waals surface area contributed by atoms with Crippen LogP contribution in [0.1, 0.15) is 44.6 Å². The number of halogens is 1. The molecule has 2 rings (SSSR count). The Morgan fingerprint density at radius 1 is 1.29 bits per heavy atom. The number of hydrogen-bond donors (Lipinski definition) is 1. The summed E-state index contributed by atoms with van der Waals surface area (Å²) in [4.78, 5) is 9.38. The molecule has 1 heterocycles. The van der Waals surface area contributed by atoms with Crippen molar-refractivity contribution in [3.63, 3.8) is 0 Å². The first-order valence-electron chi connectivity index (χ1n) is 6.53. The minimum absolute atomic E-state index is 0.846. The Morgan fingerprint density at radius 2 is 2.06 bits per heavy atom. The van der Waals surface area contributed by atoms with Gasteiger partial charge in [0.1, 0.15) is 11.6 Å². The zero-order chi connectivity index (χ0) is 12.3. The molecular weight excluding hydrogens is 325 g/mol. The van der Waals surface area contributed by atoms with E-state index >= 15 is 0 Å². The molecule has 1 N–H and O–H groups in total. The van der Waals surface area contributed by atoms with E-state index in [2.05, 4.69) is 46.7 Å². The maximum atomic E-state index is 4.73.